The van der Waals surface area contributed by atoms with E-state index in [1.54, 1.807) is 0 Å². The Bertz CT molecular complexity index is 159. The number of hydrogen-bond donors (Lipinski definition) is 1. The van der Waals surface area contributed by atoms with E-state index < -0.39 is 10.0 Å². The van der Waals surface area contributed by atoms with Crippen LogP contribution in [0.5, 0.6) is 0 Å². The largest absolute Gasteiger partial charge is 0.323 e. The lowest BCUT2D eigenvalue weighted by Crippen LogP contribution is -2.23. The summed E-state index contributed by atoms with van der Waals surface area (Å²) in [6.45, 7) is 1.43. The third-order valence-electron chi connectivity index (χ3n) is 0.577. The van der Waals surface area contributed by atoms with Gasteiger partial charge >= 0.3 is 6.41 Å². The zero-order valence-corrected chi connectivity index (χ0v) is 5.16. The van der Waals surface area contributed by atoms with E-state index >= 15 is 0 Å². The first-order valence-electron chi connectivity index (χ1n) is 1.99. The molecule has 4 nitrogen and oxygen atoms in total. The summed E-state index contributed by atoms with van der Waals surface area (Å²) in [4.78, 5) is 9.36. The van der Waals surface area contributed by atoms with Crippen LogP contribution in [0.2, 0.25) is 0 Å². The van der Waals surface area contributed by atoms with Gasteiger partial charge in [0.15, 0.2) is 0 Å². The van der Waals surface area contributed by atoms with Crippen molar-refractivity contribution < 1.29 is 13.2 Å². The van der Waals surface area contributed by atoms with Gasteiger partial charge in [0.2, 0.25) is 10.0 Å². The van der Waals surface area contributed by atoms with Gasteiger partial charge in [0.05, 0.1) is 5.75 Å². The topological polar surface area (TPSA) is 63.2 Å². The van der Waals surface area contributed by atoms with Crippen LogP contribution in [-0.4, -0.2) is 20.6 Å². The summed E-state index contributed by atoms with van der Waals surface area (Å²) in [7, 11) is -3.34. The lowest BCUT2D eigenvalue weighted by molar-refractivity contribution is 0.547. The second kappa shape index (κ2) is 2.66. The van der Waals surface area contributed by atoms with Crippen molar-refractivity contribution in [3.63, 3.8) is 0 Å². The molecule has 0 rings (SSSR count). The van der Waals surface area contributed by atoms with Gasteiger partial charge in [-0.05, 0) is 6.92 Å². The minimum Gasteiger partial charge on any atom is -0.263 e. The lowest BCUT2D eigenvalue weighted by atomic mass is 11.0. The van der Waals surface area contributed by atoms with Gasteiger partial charge in [-0.2, -0.15) is 0 Å². The molecule has 0 bridgehead atoms. The quantitative estimate of drug-likeness (QED) is 0.506. The summed E-state index contributed by atoms with van der Waals surface area (Å²) in [6.07, 6.45) is 1.07. The van der Waals surface area contributed by atoms with Gasteiger partial charge in [0.1, 0.15) is 0 Å². The molecular formula is C3H6NO3S. The predicted octanol–water partition coefficient (Wildman–Crippen LogP) is -1.01. The highest BCUT2D eigenvalue weighted by Crippen LogP contribution is 1.76. The van der Waals surface area contributed by atoms with Crippen LogP contribution in [0.4, 0.5) is 0 Å². The number of hydrogen-bond acceptors (Lipinski definition) is 3. The first-order chi connectivity index (χ1) is 3.62. The number of nitrogens with one attached hydrogen (secondary N) is 1. The summed E-state index contributed by atoms with van der Waals surface area (Å²) < 4.78 is 22.0. The Morgan fingerprint density at radius 3 is 2.25 bits per heavy atom. The molecule has 1 amide bonds. The standard InChI is InChI=1S/C3H6NO3S/c1-2-8(6,7)4-3-5/h2H2,1H3,(H,4,5). The van der Waals surface area contributed by atoms with Crippen LogP contribution in [-0.2, 0) is 14.8 Å². The number of sulfonamides is 1. The smallest absolute Gasteiger partial charge is 0.263 e. The number of amides is 1. The fourth-order valence-corrected chi connectivity index (χ4v) is 0.407. The molecule has 1 radical (unpaired) electrons. The molecule has 0 unspecified atom stereocenters. The molecule has 0 aromatic carbocycles. The fourth-order valence-electron chi connectivity index (χ4n) is 0.136. The highest BCUT2D eigenvalue weighted by molar-refractivity contribution is 7.89. The number of carbonyl (C=O) groups excluding carboxylic acids is 1. The zero-order valence-electron chi connectivity index (χ0n) is 4.34. The molecule has 0 spiro atoms. The molecule has 0 aromatic rings. The molecule has 0 atom stereocenters. The van der Waals surface area contributed by atoms with Crippen LogP contribution in [0.3, 0.4) is 0 Å². The molecular weight excluding hydrogens is 130 g/mol. The van der Waals surface area contributed by atoms with Crippen LogP contribution in [0.15, 0.2) is 0 Å². The normalized spacial score (nSPS) is 10.6. The maximum absolute atomic E-state index is 10.2. The van der Waals surface area contributed by atoms with Crippen molar-refractivity contribution in [3.8, 4) is 0 Å². The molecule has 0 aliphatic rings. The van der Waals surface area contributed by atoms with E-state index in [9.17, 15) is 13.2 Å². The highest BCUT2D eigenvalue weighted by Gasteiger charge is 2.01. The van der Waals surface area contributed by atoms with Crippen LogP contribution >= 0.6 is 0 Å². The van der Waals surface area contributed by atoms with Crippen molar-refractivity contribution in [1.82, 2.24) is 4.72 Å². The van der Waals surface area contributed by atoms with Gasteiger partial charge in [-0.3, -0.25) is 4.79 Å². The first-order valence-corrected chi connectivity index (χ1v) is 3.64. The van der Waals surface area contributed by atoms with E-state index in [1.807, 2.05) is 0 Å². The van der Waals surface area contributed by atoms with Crippen molar-refractivity contribution in [1.29, 1.82) is 0 Å². The van der Waals surface area contributed by atoms with E-state index in [1.165, 1.54) is 11.6 Å². The van der Waals surface area contributed by atoms with Crippen molar-refractivity contribution in [2.24, 2.45) is 0 Å². The Morgan fingerprint density at radius 1 is 1.62 bits per heavy atom. The summed E-state index contributed by atoms with van der Waals surface area (Å²) in [6, 6.07) is 0. The number of rotatable bonds is 3. The van der Waals surface area contributed by atoms with Gasteiger partial charge in [0.25, 0.3) is 0 Å². The molecule has 0 heterocycles. The van der Waals surface area contributed by atoms with Gasteiger partial charge in [-0.15, -0.1) is 0 Å². The van der Waals surface area contributed by atoms with Crippen molar-refractivity contribution >= 4 is 16.4 Å². The molecule has 1 N–H and O–H groups in total. The Kier molecular flexibility index (Phi) is 2.47. The molecule has 0 fully saturated rings. The van der Waals surface area contributed by atoms with Crippen LogP contribution in [0, 0.1) is 0 Å². The van der Waals surface area contributed by atoms with Crippen molar-refractivity contribution in [2.75, 3.05) is 5.75 Å². The van der Waals surface area contributed by atoms with Crippen LogP contribution < -0.4 is 4.72 Å². The van der Waals surface area contributed by atoms with Crippen LogP contribution in [0.25, 0.3) is 0 Å². The molecule has 0 saturated heterocycles. The molecule has 5 heteroatoms. The summed E-state index contributed by atoms with van der Waals surface area (Å²) >= 11 is 0. The fraction of sp³-hybridized carbons (Fsp3) is 0.667. The summed E-state index contributed by atoms with van der Waals surface area (Å²) in [5.41, 5.74) is 0. The third kappa shape index (κ3) is 2.57. The minimum absolute atomic E-state index is 0.0950. The van der Waals surface area contributed by atoms with E-state index in [0.29, 0.717) is 0 Å². The second-order valence-corrected chi connectivity index (χ2v) is 3.12. The van der Waals surface area contributed by atoms with Gasteiger partial charge in [-0.1, -0.05) is 0 Å². The second-order valence-electron chi connectivity index (χ2n) is 1.11. The van der Waals surface area contributed by atoms with E-state index in [0.717, 1.165) is 6.41 Å². The summed E-state index contributed by atoms with van der Waals surface area (Å²) in [5.74, 6) is -0.0950. The molecule has 0 aliphatic carbocycles. The average Bonchev–Trinajstić information content (AvgIpc) is 1.67. The zero-order chi connectivity index (χ0) is 6.62. The SMILES string of the molecule is CCS(=O)(=O)N[C]=O. The van der Waals surface area contributed by atoms with E-state index in [4.69, 9.17) is 0 Å². The third-order valence-corrected chi connectivity index (χ3v) is 1.73. The monoisotopic (exact) mass is 136 g/mol. The maximum atomic E-state index is 10.2. The first kappa shape index (κ1) is 7.42. The van der Waals surface area contributed by atoms with Gasteiger partial charge < -0.3 is 0 Å². The van der Waals surface area contributed by atoms with Crippen molar-refractivity contribution in [3.05, 3.63) is 0 Å². The van der Waals surface area contributed by atoms with Gasteiger partial charge in [0, 0.05) is 0 Å². The van der Waals surface area contributed by atoms with Gasteiger partial charge in [-0.25, -0.2) is 13.1 Å². The molecule has 0 aliphatic heterocycles. The average molecular weight is 136 g/mol. The minimum atomic E-state index is -3.34. The van der Waals surface area contributed by atoms with Crippen molar-refractivity contribution in [2.45, 2.75) is 6.92 Å². The predicted molar refractivity (Wildman–Crippen MR) is 28.3 cm³/mol. The Hall–Kier alpha value is -0.580. The van der Waals surface area contributed by atoms with E-state index in [-0.39, 0.29) is 5.75 Å². The molecule has 0 saturated carbocycles. The molecule has 0 aromatic heterocycles. The molecule has 47 valence electrons. The molecule has 8 heavy (non-hydrogen) atoms. The summed E-state index contributed by atoms with van der Waals surface area (Å²) in [5, 5.41) is 0. The highest BCUT2D eigenvalue weighted by atomic mass is 32.2. The maximum Gasteiger partial charge on any atom is 0.323 e. The lowest BCUT2D eigenvalue weighted by Gasteiger charge is -1.91. The Labute approximate surface area is 47.9 Å². The van der Waals surface area contributed by atoms with Crippen LogP contribution in [0.1, 0.15) is 6.92 Å². The Balaban J connectivity index is 3.94. The van der Waals surface area contributed by atoms with E-state index in [2.05, 4.69) is 0 Å². The Morgan fingerprint density at radius 2 is 2.12 bits per heavy atom.